The van der Waals surface area contributed by atoms with Gasteiger partial charge in [0.2, 0.25) is 5.91 Å². The van der Waals surface area contributed by atoms with Crippen molar-refractivity contribution in [1.82, 2.24) is 10.2 Å². The minimum atomic E-state index is -0.544. The number of benzene rings is 1. The molecule has 0 radical (unpaired) electrons. The Kier molecular flexibility index (Phi) is 6.52. The van der Waals surface area contributed by atoms with E-state index in [2.05, 4.69) is 5.32 Å². The van der Waals surface area contributed by atoms with Crippen LogP contribution in [0.4, 0.5) is 10.5 Å². The van der Waals surface area contributed by atoms with Gasteiger partial charge in [0.25, 0.3) is 5.91 Å². The second-order valence-corrected chi connectivity index (χ2v) is 8.74. The number of ether oxygens (including phenoxy) is 2. The highest BCUT2D eigenvalue weighted by molar-refractivity contribution is 6.07. The Balaban J connectivity index is 1.71. The van der Waals surface area contributed by atoms with E-state index in [0.717, 1.165) is 0 Å². The number of carbonyl (C=O) groups is 4. The second-order valence-electron chi connectivity index (χ2n) is 8.74. The quantitative estimate of drug-likeness (QED) is 0.734. The number of likely N-dealkylation sites (tertiary alicyclic amines) is 1. The fraction of sp³-hybridized carbons (Fsp3) is 0.545. The number of amides is 4. The van der Waals surface area contributed by atoms with Crippen molar-refractivity contribution in [2.24, 2.45) is 5.92 Å². The van der Waals surface area contributed by atoms with E-state index in [1.807, 2.05) is 20.8 Å². The number of esters is 1. The molecule has 0 unspecified atom stereocenters. The molecule has 0 bridgehead atoms. The molecule has 2 aliphatic rings. The SMILES string of the molecule is COc1ccc(C(=O)N2CCC(C(=O)OC(C)(C)C)CC2)cc1N1CCC(=O)NC1=O. The smallest absolute Gasteiger partial charge is 0.328 e. The summed E-state index contributed by atoms with van der Waals surface area (Å²) in [5.41, 5.74) is 0.313. The molecule has 1 N–H and O–H groups in total. The van der Waals surface area contributed by atoms with Crippen LogP contribution in [0, 0.1) is 5.92 Å². The molecule has 31 heavy (non-hydrogen) atoms. The van der Waals surface area contributed by atoms with Gasteiger partial charge in [-0.2, -0.15) is 0 Å². The first-order chi connectivity index (χ1) is 14.6. The van der Waals surface area contributed by atoms with Gasteiger partial charge in [0.1, 0.15) is 11.4 Å². The number of hydrogen-bond acceptors (Lipinski definition) is 6. The van der Waals surface area contributed by atoms with Crippen LogP contribution >= 0.6 is 0 Å². The highest BCUT2D eigenvalue weighted by Crippen LogP contribution is 2.32. The van der Waals surface area contributed by atoms with Gasteiger partial charge >= 0.3 is 12.0 Å². The molecule has 2 aliphatic heterocycles. The minimum Gasteiger partial charge on any atom is -0.495 e. The van der Waals surface area contributed by atoms with Crippen LogP contribution in [0.1, 0.15) is 50.4 Å². The molecule has 3 rings (SSSR count). The van der Waals surface area contributed by atoms with E-state index in [0.29, 0.717) is 42.9 Å². The molecule has 9 heteroatoms. The number of hydrogen-bond donors (Lipinski definition) is 1. The van der Waals surface area contributed by atoms with Crippen molar-refractivity contribution < 1.29 is 28.7 Å². The van der Waals surface area contributed by atoms with Gasteiger partial charge in [-0.25, -0.2) is 4.79 Å². The van der Waals surface area contributed by atoms with Gasteiger partial charge in [-0.05, 0) is 51.8 Å². The van der Waals surface area contributed by atoms with Crippen molar-refractivity contribution in [1.29, 1.82) is 0 Å². The number of nitrogens with zero attached hydrogens (tertiary/aromatic N) is 2. The van der Waals surface area contributed by atoms with Crippen molar-refractivity contribution in [2.45, 2.75) is 45.6 Å². The van der Waals surface area contributed by atoms with Gasteiger partial charge < -0.3 is 14.4 Å². The normalized spacial score (nSPS) is 17.9. The summed E-state index contributed by atoms with van der Waals surface area (Å²) in [6.45, 7) is 6.61. The molecule has 2 heterocycles. The summed E-state index contributed by atoms with van der Waals surface area (Å²) in [7, 11) is 1.48. The van der Waals surface area contributed by atoms with E-state index in [1.165, 1.54) is 12.0 Å². The van der Waals surface area contributed by atoms with Crippen molar-refractivity contribution in [3.63, 3.8) is 0 Å². The second kappa shape index (κ2) is 8.95. The summed E-state index contributed by atoms with van der Waals surface area (Å²) in [6.07, 6.45) is 1.26. The largest absolute Gasteiger partial charge is 0.495 e. The maximum Gasteiger partial charge on any atom is 0.328 e. The average molecular weight is 431 g/mol. The Morgan fingerprint density at radius 1 is 1.10 bits per heavy atom. The Labute approximate surface area is 181 Å². The number of methoxy groups -OCH3 is 1. The van der Waals surface area contributed by atoms with Gasteiger partial charge in [0.15, 0.2) is 0 Å². The van der Waals surface area contributed by atoms with Crippen LogP contribution in [0.5, 0.6) is 5.75 Å². The highest BCUT2D eigenvalue weighted by atomic mass is 16.6. The molecule has 0 aliphatic carbocycles. The monoisotopic (exact) mass is 431 g/mol. The zero-order valence-electron chi connectivity index (χ0n) is 18.4. The molecule has 9 nitrogen and oxygen atoms in total. The number of urea groups is 1. The minimum absolute atomic E-state index is 0.172. The fourth-order valence-corrected chi connectivity index (χ4v) is 3.71. The molecule has 2 saturated heterocycles. The van der Waals surface area contributed by atoms with Gasteiger partial charge in [0, 0.05) is 31.6 Å². The number of carbonyl (C=O) groups excluding carboxylic acids is 4. The predicted molar refractivity (Wildman–Crippen MR) is 113 cm³/mol. The topological polar surface area (TPSA) is 105 Å². The first kappa shape index (κ1) is 22.6. The molecule has 0 spiro atoms. The standard InChI is InChI=1S/C22H29N3O6/c1-22(2,3)31-20(28)14-7-10-24(11-8-14)19(27)15-5-6-17(30-4)16(13-15)25-12-9-18(26)23-21(25)29/h5-6,13-14H,7-12H2,1-4H3,(H,23,26,29). The van der Waals surface area contributed by atoms with Crippen molar-refractivity contribution in [3.05, 3.63) is 23.8 Å². The van der Waals surface area contributed by atoms with Crippen LogP contribution < -0.4 is 15.0 Å². The highest BCUT2D eigenvalue weighted by Gasteiger charge is 2.32. The number of piperidine rings is 1. The maximum absolute atomic E-state index is 13.1. The zero-order chi connectivity index (χ0) is 22.8. The van der Waals surface area contributed by atoms with Crippen LogP contribution in [0.3, 0.4) is 0 Å². The number of anilines is 1. The lowest BCUT2D eigenvalue weighted by Crippen LogP contribution is -2.49. The molecule has 1 aromatic rings. The summed E-state index contributed by atoms with van der Waals surface area (Å²) >= 11 is 0. The van der Waals surface area contributed by atoms with Crippen LogP contribution in [0.15, 0.2) is 18.2 Å². The van der Waals surface area contributed by atoms with Gasteiger partial charge in [-0.3, -0.25) is 24.6 Å². The third-order valence-electron chi connectivity index (χ3n) is 5.29. The van der Waals surface area contributed by atoms with Gasteiger partial charge in [-0.1, -0.05) is 0 Å². The van der Waals surface area contributed by atoms with E-state index in [1.54, 1.807) is 23.1 Å². The number of imide groups is 1. The molecule has 2 fully saturated rings. The number of rotatable bonds is 4. The lowest BCUT2D eigenvalue weighted by molar-refractivity contribution is -0.161. The molecule has 1 aromatic carbocycles. The number of nitrogens with one attached hydrogen (secondary N) is 1. The molecule has 0 saturated carbocycles. The van der Waals surface area contributed by atoms with Crippen LogP contribution in [-0.2, 0) is 14.3 Å². The molecular weight excluding hydrogens is 402 g/mol. The van der Waals surface area contributed by atoms with Crippen molar-refractivity contribution >= 4 is 29.5 Å². The lowest BCUT2D eigenvalue weighted by atomic mass is 9.96. The Morgan fingerprint density at radius 3 is 2.35 bits per heavy atom. The van der Waals surface area contributed by atoms with E-state index >= 15 is 0 Å². The predicted octanol–water partition coefficient (Wildman–Crippen LogP) is 2.34. The van der Waals surface area contributed by atoms with Crippen LogP contribution in [0.25, 0.3) is 0 Å². The third kappa shape index (κ3) is 5.34. The third-order valence-corrected chi connectivity index (χ3v) is 5.29. The van der Waals surface area contributed by atoms with Crippen LogP contribution in [-0.4, -0.2) is 61.1 Å². The first-order valence-corrected chi connectivity index (χ1v) is 10.4. The molecule has 168 valence electrons. The first-order valence-electron chi connectivity index (χ1n) is 10.4. The average Bonchev–Trinajstić information content (AvgIpc) is 2.72. The molecular formula is C22H29N3O6. The van der Waals surface area contributed by atoms with Gasteiger partial charge in [0.05, 0.1) is 18.7 Å². The molecule has 0 atom stereocenters. The van der Waals surface area contributed by atoms with E-state index in [-0.39, 0.29) is 36.7 Å². The van der Waals surface area contributed by atoms with E-state index < -0.39 is 11.6 Å². The summed E-state index contributed by atoms with van der Waals surface area (Å²) in [4.78, 5) is 52.2. The van der Waals surface area contributed by atoms with E-state index in [4.69, 9.17) is 9.47 Å². The lowest BCUT2D eigenvalue weighted by Gasteiger charge is -2.33. The fourth-order valence-electron chi connectivity index (χ4n) is 3.71. The summed E-state index contributed by atoms with van der Waals surface area (Å²) in [6, 6.07) is 4.35. The molecule has 4 amide bonds. The van der Waals surface area contributed by atoms with Crippen LogP contribution in [0.2, 0.25) is 0 Å². The molecule has 0 aromatic heterocycles. The Hall–Kier alpha value is -3.10. The Morgan fingerprint density at radius 2 is 1.77 bits per heavy atom. The zero-order valence-corrected chi connectivity index (χ0v) is 18.4. The summed E-state index contributed by atoms with van der Waals surface area (Å²) in [5, 5.41) is 2.28. The van der Waals surface area contributed by atoms with Crippen molar-refractivity contribution in [3.8, 4) is 5.75 Å². The van der Waals surface area contributed by atoms with Crippen molar-refractivity contribution in [2.75, 3.05) is 31.6 Å². The maximum atomic E-state index is 13.1. The summed E-state index contributed by atoms with van der Waals surface area (Å²) < 4.78 is 10.8. The van der Waals surface area contributed by atoms with E-state index in [9.17, 15) is 19.2 Å². The Bertz CT molecular complexity index is 884. The summed E-state index contributed by atoms with van der Waals surface area (Å²) in [5.74, 6) is -0.522. The van der Waals surface area contributed by atoms with Gasteiger partial charge in [-0.15, -0.1) is 0 Å².